The van der Waals surface area contributed by atoms with E-state index in [-0.39, 0.29) is 44.0 Å². The molecule has 0 heterocycles. The molecule has 0 aromatic rings. The summed E-state index contributed by atoms with van der Waals surface area (Å²) in [6.07, 6.45) is 92.4. The van der Waals surface area contributed by atoms with Crippen LogP contribution in [-0.4, -0.2) is 37.2 Å². The van der Waals surface area contributed by atoms with E-state index in [9.17, 15) is 14.4 Å². The third kappa shape index (κ3) is 61.8. The smallest absolute Gasteiger partial charge is 0.306 e. The van der Waals surface area contributed by atoms with Crippen LogP contribution in [0.2, 0.25) is 0 Å². The Labute approximate surface area is 473 Å². The number of rotatable bonds is 54. The van der Waals surface area contributed by atoms with Gasteiger partial charge in [-0.05, 0) is 128 Å². The maximum Gasteiger partial charge on any atom is 0.306 e. The van der Waals surface area contributed by atoms with Crippen LogP contribution >= 0.6 is 0 Å². The normalized spacial score (nSPS) is 13.2. The number of unbranched alkanes of at least 4 members (excludes halogenated alkanes) is 17. The van der Waals surface area contributed by atoms with Crippen molar-refractivity contribution in [3.8, 4) is 0 Å². The zero-order valence-corrected chi connectivity index (χ0v) is 49.4. The molecular weight excluding hydrogens is 949 g/mol. The Balaban J connectivity index is 4.51. The number of carbonyl (C=O) groups excluding carboxylic acids is 3. The maximum absolute atomic E-state index is 12.9. The van der Waals surface area contributed by atoms with Crippen LogP contribution in [0, 0.1) is 0 Å². The molecule has 0 aromatic heterocycles. The molecule has 0 spiro atoms. The predicted octanol–water partition coefficient (Wildman–Crippen LogP) is 21.3. The van der Waals surface area contributed by atoms with Gasteiger partial charge in [0.25, 0.3) is 0 Å². The van der Waals surface area contributed by atoms with Gasteiger partial charge in [-0.15, -0.1) is 0 Å². The molecule has 0 N–H and O–H groups in total. The average molecular weight is 1060 g/mol. The molecule has 0 aromatic carbocycles. The van der Waals surface area contributed by atoms with E-state index in [4.69, 9.17) is 14.2 Å². The lowest BCUT2D eigenvalue weighted by atomic mass is 10.0. The minimum Gasteiger partial charge on any atom is -0.462 e. The summed E-state index contributed by atoms with van der Waals surface area (Å²) in [5.41, 5.74) is 0. The van der Waals surface area contributed by atoms with E-state index < -0.39 is 6.10 Å². The lowest BCUT2D eigenvalue weighted by Gasteiger charge is -2.18. The molecule has 0 aliphatic carbocycles. The van der Waals surface area contributed by atoms with Crippen molar-refractivity contribution in [3.05, 3.63) is 158 Å². The molecule has 0 aliphatic rings. The molecule has 0 aliphatic heterocycles. The van der Waals surface area contributed by atoms with Gasteiger partial charge < -0.3 is 14.2 Å². The van der Waals surface area contributed by atoms with E-state index in [2.05, 4.69) is 179 Å². The van der Waals surface area contributed by atoms with E-state index in [1.54, 1.807) is 0 Å². The summed E-state index contributed by atoms with van der Waals surface area (Å²) in [5.74, 6) is -0.992. The molecule has 6 nitrogen and oxygen atoms in total. The Hall–Kier alpha value is -4.97. The first-order valence-electron chi connectivity index (χ1n) is 31.0. The van der Waals surface area contributed by atoms with Crippen molar-refractivity contribution in [1.29, 1.82) is 0 Å². The second-order valence-corrected chi connectivity index (χ2v) is 19.9. The van der Waals surface area contributed by atoms with E-state index in [1.807, 2.05) is 0 Å². The van der Waals surface area contributed by atoms with Gasteiger partial charge in [0.1, 0.15) is 13.2 Å². The highest BCUT2D eigenvalue weighted by Gasteiger charge is 2.19. The zero-order valence-electron chi connectivity index (χ0n) is 49.4. The fraction of sp³-hybridized carbons (Fsp3) is 0.592. The summed E-state index contributed by atoms with van der Waals surface area (Å²) in [7, 11) is 0. The largest absolute Gasteiger partial charge is 0.462 e. The first kappa shape index (κ1) is 72.0. The molecule has 0 fully saturated rings. The third-order valence-electron chi connectivity index (χ3n) is 12.5. The molecule has 0 bridgehead atoms. The van der Waals surface area contributed by atoms with Crippen molar-refractivity contribution >= 4 is 17.9 Å². The molecule has 1 unspecified atom stereocenters. The summed E-state index contributed by atoms with van der Waals surface area (Å²) in [6.45, 7) is 6.34. The molecule has 0 amide bonds. The summed E-state index contributed by atoms with van der Waals surface area (Å²) < 4.78 is 16.8. The highest BCUT2D eigenvalue weighted by atomic mass is 16.6. The molecule has 0 saturated heterocycles. The van der Waals surface area contributed by atoms with Gasteiger partial charge in [-0.2, -0.15) is 0 Å². The van der Waals surface area contributed by atoms with Gasteiger partial charge in [-0.3, -0.25) is 14.4 Å². The number of allylic oxidation sites excluding steroid dienone is 26. The quantitative estimate of drug-likeness (QED) is 0.0261. The topological polar surface area (TPSA) is 78.9 Å². The van der Waals surface area contributed by atoms with Crippen molar-refractivity contribution in [2.24, 2.45) is 0 Å². The lowest BCUT2D eigenvalue weighted by Crippen LogP contribution is -2.30. The van der Waals surface area contributed by atoms with Crippen molar-refractivity contribution in [3.63, 3.8) is 0 Å². The van der Waals surface area contributed by atoms with Crippen LogP contribution in [0.5, 0.6) is 0 Å². The van der Waals surface area contributed by atoms with Crippen LogP contribution in [0.3, 0.4) is 0 Å². The second kappa shape index (κ2) is 63.6. The maximum atomic E-state index is 12.9. The Morgan fingerprint density at radius 3 is 0.818 bits per heavy atom. The van der Waals surface area contributed by atoms with Gasteiger partial charge in [0.2, 0.25) is 0 Å². The lowest BCUT2D eigenvalue weighted by molar-refractivity contribution is -0.167. The second-order valence-electron chi connectivity index (χ2n) is 19.9. The Bertz CT molecular complexity index is 1740. The standard InChI is InChI=1S/C71H112O6/c1-4-7-10-13-16-19-22-25-27-29-31-32-33-34-35-36-37-38-40-41-43-46-49-52-55-58-61-64-70(73)76-67-68(66-75-69(72)63-60-57-54-51-48-45-24-21-18-15-12-9-6-3)77-71(74)65-62-59-56-53-50-47-44-42-39-30-28-26-23-20-17-14-11-8-5-2/h7-8,10-11,16-17,19-20,25-28,31-32,34-35,37-39,41-43,47,49-50,52,68H,4-6,9,12-15,18,21-24,29-30,33,36,40,44-46,48,51,53-67H2,1-3H3/b10-7-,11-8-,19-16-,20-17-,27-25-,28-26-,32-31-,35-34-,38-37-,42-39-,43-41-,50-47-,52-49-. The van der Waals surface area contributed by atoms with Crippen LogP contribution in [-0.2, 0) is 28.6 Å². The molecule has 432 valence electrons. The van der Waals surface area contributed by atoms with Crippen molar-refractivity contribution in [1.82, 2.24) is 0 Å². The number of esters is 3. The summed E-state index contributed by atoms with van der Waals surface area (Å²) in [6, 6.07) is 0. The number of hydrogen-bond acceptors (Lipinski definition) is 6. The van der Waals surface area contributed by atoms with Crippen LogP contribution in [0.1, 0.15) is 252 Å². The minimum absolute atomic E-state index is 0.110. The van der Waals surface area contributed by atoms with E-state index >= 15 is 0 Å². The summed E-state index contributed by atoms with van der Waals surface area (Å²) >= 11 is 0. The number of hydrogen-bond donors (Lipinski definition) is 0. The van der Waals surface area contributed by atoms with Gasteiger partial charge in [0.15, 0.2) is 6.10 Å². The van der Waals surface area contributed by atoms with Crippen LogP contribution < -0.4 is 0 Å². The fourth-order valence-corrected chi connectivity index (χ4v) is 7.95. The van der Waals surface area contributed by atoms with Crippen molar-refractivity contribution in [2.45, 2.75) is 258 Å². The first-order valence-corrected chi connectivity index (χ1v) is 31.0. The van der Waals surface area contributed by atoms with Gasteiger partial charge in [0.05, 0.1) is 0 Å². The fourth-order valence-electron chi connectivity index (χ4n) is 7.95. The first-order chi connectivity index (χ1) is 38.0. The molecule has 6 heteroatoms. The molecule has 0 rings (SSSR count). The predicted molar refractivity (Wildman–Crippen MR) is 334 cm³/mol. The Kier molecular flexibility index (Phi) is 59.5. The van der Waals surface area contributed by atoms with E-state index in [0.717, 1.165) is 135 Å². The van der Waals surface area contributed by atoms with Gasteiger partial charge >= 0.3 is 17.9 Å². The van der Waals surface area contributed by atoms with E-state index in [1.165, 1.54) is 64.2 Å². The highest BCUT2D eigenvalue weighted by Crippen LogP contribution is 2.14. The number of carbonyl (C=O) groups is 3. The Morgan fingerprint density at radius 1 is 0.273 bits per heavy atom. The van der Waals surface area contributed by atoms with Gasteiger partial charge in [-0.25, -0.2) is 0 Å². The zero-order chi connectivity index (χ0) is 55.7. The van der Waals surface area contributed by atoms with Crippen molar-refractivity contribution < 1.29 is 28.6 Å². The average Bonchev–Trinajstić information content (AvgIpc) is 3.43. The van der Waals surface area contributed by atoms with Crippen LogP contribution in [0.4, 0.5) is 0 Å². The monoisotopic (exact) mass is 1060 g/mol. The van der Waals surface area contributed by atoms with Crippen LogP contribution in [0.15, 0.2) is 158 Å². The van der Waals surface area contributed by atoms with Gasteiger partial charge in [-0.1, -0.05) is 262 Å². The SMILES string of the molecule is CC/C=C\C/C=C\C/C=C\C/C=C\C/C=C\C/C=C\C/C=C\C/C=C\CCCCC(=O)OCC(COC(=O)CCCCCCCCCCCCCCC)OC(=O)CCCCC/C=C\C/C=C\C/C=C\C/C=C\C/C=C\CC. The van der Waals surface area contributed by atoms with E-state index in [0.29, 0.717) is 19.3 Å². The van der Waals surface area contributed by atoms with Crippen molar-refractivity contribution in [2.75, 3.05) is 13.2 Å². The third-order valence-corrected chi connectivity index (χ3v) is 12.5. The number of ether oxygens (including phenoxy) is 3. The van der Waals surface area contributed by atoms with Crippen LogP contribution in [0.25, 0.3) is 0 Å². The molecular formula is C71H112O6. The molecule has 1 atom stereocenters. The molecule has 0 saturated carbocycles. The van der Waals surface area contributed by atoms with Gasteiger partial charge in [0, 0.05) is 19.3 Å². The molecule has 0 radical (unpaired) electrons. The minimum atomic E-state index is -0.821. The summed E-state index contributed by atoms with van der Waals surface area (Å²) in [5, 5.41) is 0. The summed E-state index contributed by atoms with van der Waals surface area (Å²) in [4.78, 5) is 38.2. The molecule has 77 heavy (non-hydrogen) atoms. The Morgan fingerprint density at radius 2 is 0.506 bits per heavy atom. The highest BCUT2D eigenvalue weighted by molar-refractivity contribution is 5.71.